The van der Waals surface area contributed by atoms with Gasteiger partial charge < -0.3 is 20.9 Å². The minimum absolute atomic E-state index is 0.276. The minimum Gasteiger partial charge on any atom is -0.479 e. The van der Waals surface area contributed by atoms with Gasteiger partial charge in [-0.15, -0.1) is 0 Å². The molecule has 0 heterocycles. The fourth-order valence-electron chi connectivity index (χ4n) is 1.81. The third kappa shape index (κ3) is 5.34. The lowest BCUT2D eigenvalue weighted by Gasteiger charge is -2.19. The van der Waals surface area contributed by atoms with E-state index in [1.807, 2.05) is 0 Å². The largest absolute Gasteiger partial charge is 0.479 e. The fourth-order valence-corrected chi connectivity index (χ4v) is 2.05. The van der Waals surface area contributed by atoms with Gasteiger partial charge >= 0.3 is 5.97 Å². The van der Waals surface area contributed by atoms with Crippen LogP contribution in [0.2, 0.25) is 5.02 Å². The van der Waals surface area contributed by atoms with Crippen LogP contribution in [0, 0.1) is 0 Å². The first-order chi connectivity index (χ1) is 9.97. The van der Waals surface area contributed by atoms with Crippen molar-refractivity contribution in [3.8, 4) is 0 Å². The summed E-state index contributed by atoms with van der Waals surface area (Å²) in [5, 5.41) is 11.9. The summed E-state index contributed by atoms with van der Waals surface area (Å²) in [7, 11) is 1.56. The molecule has 0 fully saturated rings. The van der Waals surface area contributed by atoms with Gasteiger partial charge in [-0.2, -0.15) is 0 Å². The monoisotopic (exact) mass is 314 g/mol. The van der Waals surface area contributed by atoms with Gasteiger partial charge in [0.1, 0.15) is 0 Å². The zero-order valence-electron chi connectivity index (χ0n) is 11.7. The number of carboxylic acids is 1. The van der Waals surface area contributed by atoms with Crippen LogP contribution in [-0.4, -0.2) is 36.7 Å². The van der Waals surface area contributed by atoms with Gasteiger partial charge in [0, 0.05) is 24.3 Å². The lowest BCUT2D eigenvalue weighted by Crippen LogP contribution is -2.44. The van der Waals surface area contributed by atoms with Gasteiger partial charge in [-0.25, -0.2) is 4.79 Å². The fraction of sp³-hybridized carbons (Fsp3) is 0.429. The number of carbonyl (C=O) groups is 2. The van der Waals surface area contributed by atoms with Gasteiger partial charge in [-0.3, -0.25) is 4.79 Å². The van der Waals surface area contributed by atoms with Crippen molar-refractivity contribution in [2.75, 3.05) is 13.7 Å². The molecule has 0 saturated heterocycles. The van der Waals surface area contributed by atoms with Crippen LogP contribution in [0.25, 0.3) is 0 Å². The normalized spacial score (nSPS) is 13.5. The number of nitrogens with two attached hydrogens (primary N) is 1. The molecule has 4 N–H and O–H groups in total. The lowest BCUT2D eigenvalue weighted by molar-refractivity contribution is -0.142. The van der Waals surface area contributed by atoms with E-state index in [1.165, 1.54) is 0 Å². The quantitative estimate of drug-likeness (QED) is 0.628. The average Bonchev–Trinajstić information content (AvgIpc) is 2.45. The molecule has 0 bridgehead atoms. The first-order valence-electron chi connectivity index (χ1n) is 6.49. The topological polar surface area (TPSA) is 102 Å². The number of hydrogen-bond acceptors (Lipinski definition) is 4. The Kier molecular flexibility index (Phi) is 7.14. The summed E-state index contributed by atoms with van der Waals surface area (Å²) < 4.78 is 4.88. The molecule has 1 amide bonds. The van der Waals surface area contributed by atoms with E-state index in [2.05, 4.69) is 5.32 Å². The minimum atomic E-state index is -1.22. The second-order valence-corrected chi connectivity index (χ2v) is 4.95. The molecular formula is C14H19ClN2O4. The third-order valence-electron chi connectivity index (χ3n) is 2.95. The molecule has 7 heteroatoms. The van der Waals surface area contributed by atoms with Crippen molar-refractivity contribution in [1.29, 1.82) is 0 Å². The zero-order chi connectivity index (χ0) is 15.8. The Morgan fingerprint density at radius 2 is 2.10 bits per heavy atom. The summed E-state index contributed by atoms with van der Waals surface area (Å²) in [6, 6.07) is 4.45. The predicted octanol–water partition coefficient (Wildman–Crippen LogP) is 1.34. The maximum atomic E-state index is 12.0. The lowest BCUT2D eigenvalue weighted by atomic mass is 10.1. The second kappa shape index (κ2) is 8.61. The number of methoxy groups -OCH3 is 1. The van der Waals surface area contributed by atoms with E-state index in [0.29, 0.717) is 25.0 Å². The number of carboxylic acid groups (broad SMARTS) is 1. The molecule has 0 saturated carbocycles. The molecule has 2 atom stereocenters. The SMILES string of the molecule is COCCCC(N)C(=O)N[C@@H](C(=O)O)c1ccccc1Cl. The van der Waals surface area contributed by atoms with Crippen LogP contribution in [0.3, 0.4) is 0 Å². The van der Waals surface area contributed by atoms with Crippen LogP contribution >= 0.6 is 11.6 Å². The molecule has 1 unspecified atom stereocenters. The number of hydrogen-bond donors (Lipinski definition) is 3. The van der Waals surface area contributed by atoms with Crippen molar-refractivity contribution in [3.05, 3.63) is 34.9 Å². The smallest absolute Gasteiger partial charge is 0.330 e. The first-order valence-corrected chi connectivity index (χ1v) is 6.87. The maximum Gasteiger partial charge on any atom is 0.330 e. The Labute approximate surface area is 128 Å². The molecule has 0 aliphatic carbocycles. The van der Waals surface area contributed by atoms with E-state index >= 15 is 0 Å². The Balaban J connectivity index is 2.73. The Bertz CT molecular complexity index is 496. The van der Waals surface area contributed by atoms with Gasteiger partial charge in [-0.05, 0) is 18.9 Å². The summed E-state index contributed by atoms with van der Waals surface area (Å²) in [5.74, 6) is -1.72. The van der Waals surface area contributed by atoms with Crippen LogP contribution in [-0.2, 0) is 14.3 Å². The molecular weight excluding hydrogens is 296 g/mol. The third-order valence-corrected chi connectivity index (χ3v) is 3.29. The number of amides is 1. The highest BCUT2D eigenvalue weighted by Crippen LogP contribution is 2.23. The standard InChI is InChI=1S/C14H19ClN2O4/c1-21-8-4-7-11(16)13(18)17-12(14(19)20)9-5-2-3-6-10(9)15/h2-3,5-6,11-12H,4,7-8,16H2,1H3,(H,17,18)(H,19,20)/t11?,12-/m1/s1. The maximum absolute atomic E-state index is 12.0. The summed E-state index contributed by atoms with van der Waals surface area (Å²) in [4.78, 5) is 23.3. The molecule has 1 aromatic rings. The van der Waals surface area contributed by atoms with E-state index in [1.54, 1.807) is 31.4 Å². The molecule has 6 nitrogen and oxygen atoms in total. The number of benzene rings is 1. The van der Waals surface area contributed by atoms with Gasteiger partial charge in [0.05, 0.1) is 6.04 Å². The predicted molar refractivity (Wildman–Crippen MR) is 79.1 cm³/mol. The molecule has 116 valence electrons. The van der Waals surface area contributed by atoms with Crippen LogP contribution in [0.4, 0.5) is 0 Å². The molecule has 21 heavy (non-hydrogen) atoms. The number of ether oxygens (including phenoxy) is 1. The van der Waals surface area contributed by atoms with Crippen molar-refractivity contribution in [3.63, 3.8) is 0 Å². The Morgan fingerprint density at radius 3 is 2.67 bits per heavy atom. The van der Waals surface area contributed by atoms with Gasteiger partial charge in [0.2, 0.25) is 5.91 Å². The number of aliphatic carboxylic acids is 1. The highest BCUT2D eigenvalue weighted by atomic mass is 35.5. The van der Waals surface area contributed by atoms with Gasteiger partial charge in [0.25, 0.3) is 0 Å². The summed E-state index contributed by atoms with van der Waals surface area (Å²) in [6.45, 7) is 0.494. The van der Waals surface area contributed by atoms with Crippen molar-refractivity contribution in [2.24, 2.45) is 5.73 Å². The van der Waals surface area contributed by atoms with Gasteiger partial charge in [0.15, 0.2) is 6.04 Å². The molecule has 0 radical (unpaired) electrons. The number of nitrogens with one attached hydrogen (secondary N) is 1. The van der Waals surface area contributed by atoms with E-state index in [9.17, 15) is 14.7 Å². The van der Waals surface area contributed by atoms with Crippen molar-refractivity contribution < 1.29 is 19.4 Å². The van der Waals surface area contributed by atoms with Crippen LogP contribution in [0.1, 0.15) is 24.4 Å². The first kappa shape index (κ1) is 17.4. The summed E-state index contributed by atoms with van der Waals surface area (Å²) >= 11 is 5.97. The van der Waals surface area contributed by atoms with E-state index in [4.69, 9.17) is 22.1 Å². The van der Waals surface area contributed by atoms with E-state index in [0.717, 1.165) is 0 Å². The van der Waals surface area contributed by atoms with Crippen LogP contribution in [0.5, 0.6) is 0 Å². The highest BCUT2D eigenvalue weighted by molar-refractivity contribution is 6.31. The average molecular weight is 315 g/mol. The molecule has 0 spiro atoms. The second-order valence-electron chi connectivity index (χ2n) is 4.54. The van der Waals surface area contributed by atoms with Gasteiger partial charge in [-0.1, -0.05) is 29.8 Å². The Hall–Kier alpha value is -1.63. The molecule has 1 rings (SSSR count). The molecule has 0 aliphatic rings. The zero-order valence-corrected chi connectivity index (χ0v) is 12.5. The van der Waals surface area contributed by atoms with Crippen molar-refractivity contribution in [2.45, 2.75) is 24.9 Å². The Morgan fingerprint density at radius 1 is 1.43 bits per heavy atom. The number of carbonyl (C=O) groups excluding carboxylic acids is 1. The van der Waals surface area contributed by atoms with Crippen molar-refractivity contribution in [1.82, 2.24) is 5.32 Å². The molecule has 0 aliphatic heterocycles. The summed E-state index contributed by atoms with van der Waals surface area (Å²) in [5.41, 5.74) is 6.05. The number of halogens is 1. The molecule has 0 aromatic heterocycles. The number of rotatable bonds is 8. The van der Waals surface area contributed by atoms with Crippen LogP contribution < -0.4 is 11.1 Å². The molecule has 1 aromatic carbocycles. The van der Waals surface area contributed by atoms with Crippen LogP contribution in [0.15, 0.2) is 24.3 Å². The highest BCUT2D eigenvalue weighted by Gasteiger charge is 2.26. The van der Waals surface area contributed by atoms with Crippen molar-refractivity contribution >= 4 is 23.5 Å². The summed E-state index contributed by atoms with van der Waals surface area (Å²) in [6.07, 6.45) is 1.03. The van der Waals surface area contributed by atoms with E-state index < -0.39 is 24.0 Å². The van der Waals surface area contributed by atoms with E-state index in [-0.39, 0.29) is 5.02 Å².